The molecule has 0 bridgehead atoms. The Morgan fingerprint density at radius 3 is 2.70 bits per heavy atom. The SMILES string of the molecule is CCC(C)CNS(=O)(=O)c1ccccc1C#CCCO. The van der Waals surface area contributed by atoms with Crippen LogP contribution in [-0.4, -0.2) is 26.7 Å². The van der Waals surface area contributed by atoms with Crippen molar-refractivity contribution >= 4 is 10.0 Å². The van der Waals surface area contributed by atoms with E-state index >= 15 is 0 Å². The van der Waals surface area contributed by atoms with Crippen LogP contribution < -0.4 is 4.72 Å². The highest BCUT2D eigenvalue weighted by Gasteiger charge is 2.17. The molecule has 0 radical (unpaired) electrons. The van der Waals surface area contributed by atoms with Crippen molar-refractivity contribution in [3.8, 4) is 11.8 Å². The molecule has 0 aliphatic carbocycles. The van der Waals surface area contributed by atoms with Crippen molar-refractivity contribution in [3.05, 3.63) is 29.8 Å². The second-order valence-electron chi connectivity index (χ2n) is 4.64. The molecule has 1 unspecified atom stereocenters. The molecular weight excluding hydrogens is 274 g/mol. The molecule has 0 heterocycles. The lowest BCUT2D eigenvalue weighted by molar-refractivity contribution is 0.305. The van der Waals surface area contributed by atoms with Crippen molar-refractivity contribution in [1.82, 2.24) is 4.72 Å². The van der Waals surface area contributed by atoms with E-state index in [-0.39, 0.29) is 17.4 Å². The van der Waals surface area contributed by atoms with E-state index in [1.807, 2.05) is 13.8 Å². The van der Waals surface area contributed by atoms with Crippen LogP contribution in [0.1, 0.15) is 32.3 Å². The molecule has 4 nitrogen and oxygen atoms in total. The standard InChI is InChI=1S/C15H21NO3S/c1-3-13(2)12-16-20(18,19)15-10-5-4-8-14(15)9-6-7-11-17/h4-5,8,10,13,16-17H,3,7,11-12H2,1-2H3. The lowest BCUT2D eigenvalue weighted by Crippen LogP contribution is -2.28. The summed E-state index contributed by atoms with van der Waals surface area (Å²) in [5.74, 6) is 5.83. The van der Waals surface area contributed by atoms with Gasteiger partial charge in [0.2, 0.25) is 10.0 Å². The van der Waals surface area contributed by atoms with Gasteiger partial charge in [0.05, 0.1) is 11.5 Å². The molecule has 1 rings (SSSR count). The molecule has 5 heteroatoms. The summed E-state index contributed by atoms with van der Waals surface area (Å²) < 4.78 is 27.2. The van der Waals surface area contributed by atoms with Crippen LogP contribution in [0.25, 0.3) is 0 Å². The zero-order valence-corrected chi connectivity index (χ0v) is 12.7. The smallest absolute Gasteiger partial charge is 0.241 e. The molecule has 1 aromatic carbocycles. The van der Waals surface area contributed by atoms with Crippen LogP contribution in [0.15, 0.2) is 29.2 Å². The predicted octanol–water partition coefficient (Wildman–Crippen LogP) is 1.74. The largest absolute Gasteiger partial charge is 0.395 e. The molecular formula is C15H21NO3S. The maximum Gasteiger partial charge on any atom is 0.241 e. The van der Waals surface area contributed by atoms with Crippen molar-refractivity contribution in [2.45, 2.75) is 31.6 Å². The fourth-order valence-electron chi connectivity index (χ4n) is 1.49. The van der Waals surface area contributed by atoms with Gasteiger partial charge in [-0.1, -0.05) is 44.2 Å². The van der Waals surface area contributed by atoms with Crippen molar-refractivity contribution in [1.29, 1.82) is 0 Å². The van der Waals surface area contributed by atoms with Gasteiger partial charge in [-0.3, -0.25) is 0 Å². The highest BCUT2D eigenvalue weighted by molar-refractivity contribution is 7.89. The van der Waals surface area contributed by atoms with Crippen LogP contribution in [-0.2, 0) is 10.0 Å². The van der Waals surface area contributed by atoms with E-state index in [1.54, 1.807) is 24.3 Å². The minimum absolute atomic E-state index is 0.0335. The monoisotopic (exact) mass is 295 g/mol. The fraction of sp³-hybridized carbons (Fsp3) is 0.467. The van der Waals surface area contributed by atoms with E-state index in [0.717, 1.165) is 6.42 Å². The third kappa shape index (κ3) is 4.97. The van der Waals surface area contributed by atoms with Crippen molar-refractivity contribution in [2.24, 2.45) is 5.92 Å². The molecule has 0 fully saturated rings. The third-order valence-corrected chi connectivity index (χ3v) is 4.44. The Kier molecular flexibility index (Phi) is 6.73. The van der Waals surface area contributed by atoms with Crippen LogP contribution in [0.3, 0.4) is 0 Å². The summed E-state index contributed by atoms with van der Waals surface area (Å²) in [5, 5.41) is 8.71. The molecule has 1 aromatic rings. The minimum atomic E-state index is -3.55. The van der Waals surface area contributed by atoms with Crippen molar-refractivity contribution in [3.63, 3.8) is 0 Å². The van der Waals surface area contributed by atoms with Crippen LogP contribution >= 0.6 is 0 Å². The Labute approximate surface area is 121 Å². The molecule has 0 aromatic heterocycles. The van der Waals surface area contributed by atoms with Gasteiger partial charge < -0.3 is 5.11 Å². The highest BCUT2D eigenvalue weighted by Crippen LogP contribution is 2.14. The van der Waals surface area contributed by atoms with E-state index in [4.69, 9.17) is 5.11 Å². The number of sulfonamides is 1. The average molecular weight is 295 g/mol. The van der Waals surface area contributed by atoms with E-state index in [1.165, 1.54) is 0 Å². The minimum Gasteiger partial charge on any atom is -0.395 e. The quantitative estimate of drug-likeness (QED) is 0.786. The molecule has 0 saturated carbocycles. The first kappa shape index (κ1) is 16.7. The van der Waals surface area contributed by atoms with Gasteiger partial charge in [-0.25, -0.2) is 13.1 Å². The van der Waals surface area contributed by atoms with Crippen LogP contribution in [0.5, 0.6) is 0 Å². The van der Waals surface area contributed by atoms with E-state index in [2.05, 4.69) is 16.6 Å². The number of nitrogens with one attached hydrogen (secondary N) is 1. The van der Waals surface area contributed by atoms with E-state index in [9.17, 15) is 8.42 Å². The van der Waals surface area contributed by atoms with Gasteiger partial charge >= 0.3 is 0 Å². The maximum absolute atomic E-state index is 12.3. The number of hydrogen-bond acceptors (Lipinski definition) is 3. The summed E-state index contributed by atoms with van der Waals surface area (Å²) in [6.45, 7) is 4.40. The second-order valence-corrected chi connectivity index (χ2v) is 6.37. The Balaban J connectivity index is 2.98. The summed E-state index contributed by atoms with van der Waals surface area (Å²) >= 11 is 0. The van der Waals surface area contributed by atoms with Gasteiger partial charge in [0.25, 0.3) is 0 Å². The Hall–Kier alpha value is -1.35. The van der Waals surface area contributed by atoms with Gasteiger partial charge in [-0.2, -0.15) is 0 Å². The van der Waals surface area contributed by atoms with Crippen LogP contribution in [0.4, 0.5) is 0 Å². The molecule has 110 valence electrons. The zero-order chi connectivity index (χ0) is 15.0. The second kappa shape index (κ2) is 8.05. The Bertz CT molecular complexity index is 585. The number of aliphatic hydroxyl groups excluding tert-OH is 1. The van der Waals surface area contributed by atoms with Crippen LogP contribution in [0, 0.1) is 17.8 Å². The first-order valence-electron chi connectivity index (χ1n) is 6.69. The molecule has 2 N–H and O–H groups in total. The van der Waals surface area contributed by atoms with Gasteiger partial charge in [-0.05, 0) is 18.1 Å². The molecule has 0 saturated heterocycles. The average Bonchev–Trinajstić information content (AvgIpc) is 2.45. The van der Waals surface area contributed by atoms with Gasteiger partial charge in [0.15, 0.2) is 0 Å². The molecule has 20 heavy (non-hydrogen) atoms. The van der Waals surface area contributed by atoms with E-state index < -0.39 is 10.0 Å². The fourth-order valence-corrected chi connectivity index (χ4v) is 2.82. The number of benzene rings is 1. The number of rotatable bonds is 6. The molecule has 0 amide bonds. The van der Waals surface area contributed by atoms with Gasteiger partial charge in [-0.15, -0.1) is 0 Å². The normalized spacial score (nSPS) is 12.6. The molecule has 0 aliphatic rings. The summed E-state index contributed by atoms with van der Waals surface area (Å²) in [4.78, 5) is 0.189. The summed E-state index contributed by atoms with van der Waals surface area (Å²) in [6, 6.07) is 6.63. The van der Waals surface area contributed by atoms with Gasteiger partial charge in [0, 0.05) is 18.5 Å². The summed E-state index contributed by atoms with van der Waals surface area (Å²) in [7, 11) is -3.55. The van der Waals surface area contributed by atoms with Crippen molar-refractivity contribution < 1.29 is 13.5 Å². The molecule has 1 atom stereocenters. The lowest BCUT2D eigenvalue weighted by atomic mass is 10.1. The highest BCUT2D eigenvalue weighted by atomic mass is 32.2. The maximum atomic E-state index is 12.3. The predicted molar refractivity (Wildman–Crippen MR) is 79.7 cm³/mol. The number of hydrogen-bond donors (Lipinski definition) is 2. The summed E-state index contributed by atoms with van der Waals surface area (Å²) in [5.41, 5.74) is 0.456. The Morgan fingerprint density at radius 1 is 1.35 bits per heavy atom. The van der Waals surface area contributed by atoms with Crippen LogP contribution in [0.2, 0.25) is 0 Å². The first-order chi connectivity index (χ1) is 9.51. The molecule has 0 aliphatic heterocycles. The molecule has 0 spiro atoms. The zero-order valence-electron chi connectivity index (χ0n) is 11.9. The van der Waals surface area contributed by atoms with Crippen molar-refractivity contribution in [2.75, 3.05) is 13.2 Å². The summed E-state index contributed by atoms with van der Waals surface area (Å²) in [6.07, 6.45) is 1.25. The lowest BCUT2D eigenvalue weighted by Gasteiger charge is -2.11. The number of aliphatic hydroxyl groups is 1. The topological polar surface area (TPSA) is 66.4 Å². The Morgan fingerprint density at radius 2 is 2.05 bits per heavy atom. The third-order valence-electron chi connectivity index (χ3n) is 2.96. The van der Waals surface area contributed by atoms with E-state index in [0.29, 0.717) is 18.5 Å². The first-order valence-corrected chi connectivity index (χ1v) is 8.18. The van der Waals surface area contributed by atoms with Gasteiger partial charge in [0.1, 0.15) is 0 Å².